The van der Waals surface area contributed by atoms with Crippen molar-refractivity contribution < 1.29 is 39.8 Å². The van der Waals surface area contributed by atoms with Crippen LogP contribution >= 0.6 is 0 Å². The van der Waals surface area contributed by atoms with Crippen LogP contribution in [0.5, 0.6) is 0 Å². The summed E-state index contributed by atoms with van der Waals surface area (Å²) in [5.74, 6) is -2.01. The lowest BCUT2D eigenvalue weighted by Crippen LogP contribution is -2.66. The Morgan fingerprint density at radius 2 is 2.09 bits per heavy atom. The Morgan fingerprint density at radius 3 is 2.55 bits per heavy atom. The van der Waals surface area contributed by atoms with Crippen LogP contribution in [0.4, 0.5) is 0 Å². The fourth-order valence-electron chi connectivity index (χ4n) is 2.56. The molecule has 1 amide bonds. The summed E-state index contributed by atoms with van der Waals surface area (Å²) < 4.78 is 10.9. The topological polar surface area (TPSA) is 149 Å². The highest BCUT2D eigenvalue weighted by molar-refractivity contribution is 5.73. The zero-order valence-corrected chi connectivity index (χ0v) is 12.7. The first-order valence-electron chi connectivity index (χ1n) is 7.15. The SMILES string of the molecule is CCO[C@@]1(CO)C[C@H](O)[C@@H](NC(C)=O)[C@H]([C@H](O)[C@H](O)CO)O1. The largest absolute Gasteiger partial charge is 0.394 e. The van der Waals surface area contributed by atoms with Gasteiger partial charge in [-0.25, -0.2) is 0 Å². The molecule has 0 saturated carbocycles. The van der Waals surface area contributed by atoms with Gasteiger partial charge in [-0.3, -0.25) is 4.79 Å². The number of nitrogens with one attached hydrogen (secondary N) is 1. The summed E-state index contributed by atoms with van der Waals surface area (Å²) in [6.45, 7) is 1.77. The Morgan fingerprint density at radius 1 is 1.45 bits per heavy atom. The quantitative estimate of drug-likeness (QED) is 0.292. The average Bonchev–Trinajstić information content (AvgIpc) is 2.48. The van der Waals surface area contributed by atoms with E-state index in [0.717, 1.165) is 0 Å². The molecule has 1 aliphatic rings. The normalized spacial score (nSPS) is 35.0. The predicted octanol–water partition coefficient (Wildman–Crippen LogP) is -2.92. The first-order chi connectivity index (χ1) is 10.3. The number of hydrogen-bond acceptors (Lipinski definition) is 8. The Labute approximate surface area is 128 Å². The highest BCUT2D eigenvalue weighted by Gasteiger charge is 2.51. The maximum Gasteiger partial charge on any atom is 0.217 e. The fraction of sp³-hybridized carbons (Fsp3) is 0.923. The molecule has 1 saturated heterocycles. The van der Waals surface area contributed by atoms with E-state index in [9.17, 15) is 25.2 Å². The van der Waals surface area contributed by atoms with Crippen molar-refractivity contribution in [1.29, 1.82) is 0 Å². The first kappa shape index (κ1) is 19.2. The number of hydrogen-bond donors (Lipinski definition) is 6. The molecule has 0 unspecified atom stereocenters. The van der Waals surface area contributed by atoms with Crippen LogP contribution in [-0.2, 0) is 14.3 Å². The molecule has 22 heavy (non-hydrogen) atoms. The van der Waals surface area contributed by atoms with E-state index in [1.807, 2.05) is 0 Å². The van der Waals surface area contributed by atoms with Crippen LogP contribution in [0.1, 0.15) is 20.3 Å². The molecule has 1 fully saturated rings. The summed E-state index contributed by atoms with van der Waals surface area (Å²) in [5.41, 5.74) is 0. The smallest absolute Gasteiger partial charge is 0.217 e. The first-order valence-corrected chi connectivity index (χ1v) is 7.15. The minimum atomic E-state index is -1.59. The number of carbonyl (C=O) groups excluding carboxylic acids is 1. The molecule has 0 aromatic carbocycles. The van der Waals surface area contributed by atoms with Gasteiger partial charge >= 0.3 is 0 Å². The van der Waals surface area contributed by atoms with Gasteiger partial charge in [-0.1, -0.05) is 0 Å². The van der Waals surface area contributed by atoms with Crippen LogP contribution in [0.15, 0.2) is 0 Å². The van der Waals surface area contributed by atoms with E-state index in [0.29, 0.717) is 0 Å². The van der Waals surface area contributed by atoms with Gasteiger partial charge in [-0.05, 0) is 6.92 Å². The number of rotatable bonds is 7. The minimum absolute atomic E-state index is 0.124. The second-order valence-corrected chi connectivity index (χ2v) is 5.32. The zero-order valence-electron chi connectivity index (χ0n) is 12.7. The van der Waals surface area contributed by atoms with Gasteiger partial charge in [0.05, 0.1) is 25.4 Å². The zero-order chi connectivity index (χ0) is 16.9. The number of amides is 1. The molecule has 0 aromatic rings. The van der Waals surface area contributed by atoms with Crippen molar-refractivity contribution in [3.8, 4) is 0 Å². The summed E-state index contributed by atoms with van der Waals surface area (Å²) in [7, 11) is 0. The van der Waals surface area contributed by atoms with Crippen molar-refractivity contribution >= 4 is 5.91 Å². The van der Waals surface area contributed by atoms with E-state index in [1.165, 1.54) is 6.92 Å². The van der Waals surface area contributed by atoms with E-state index in [-0.39, 0.29) is 13.0 Å². The number of carbonyl (C=O) groups is 1. The maximum absolute atomic E-state index is 11.3. The second kappa shape index (κ2) is 8.16. The molecule has 0 bridgehead atoms. The molecule has 1 rings (SSSR count). The van der Waals surface area contributed by atoms with E-state index in [4.69, 9.17) is 14.6 Å². The predicted molar refractivity (Wildman–Crippen MR) is 73.6 cm³/mol. The monoisotopic (exact) mass is 323 g/mol. The second-order valence-electron chi connectivity index (χ2n) is 5.32. The summed E-state index contributed by atoms with van der Waals surface area (Å²) in [6.07, 6.45) is -5.70. The number of ether oxygens (including phenoxy) is 2. The molecule has 9 heteroatoms. The molecule has 1 heterocycles. The van der Waals surface area contributed by atoms with Crippen LogP contribution in [0.2, 0.25) is 0 Å². The van der Waals surface area contributed by atoms with Gasteiger partial charge in [-0.15, -0.1) is 0 Å². The van der Waals surface area contributed by atoms with E-state index in [1.54, 1.807) is 6.92 Å². The lowest BCUT2D eigenvalue weighted by atomic mass is 9.88. The standard InChI is InChI=1S/C13H25NO8/c1-3-21-13(6-16)4-8(18)10(14-7(2)17)12(22-13)11(20)9(19)5-15/h8-12,15-16,18-20H,3-6H2,1-2H3,(H,14,17)/t8-,9+,10+,11+,12+,13-/m0/s1. The van der Waals surface area contributed by atoms with Crippen LogP contribution in [0.25, 0.3) is 0 Å². The minimum Gasteiger partial charge on any atom is -0.394 e. The molecule has 6 N–H and O–H groups in total. The van der Waals surface area contributed by atoms with Gasteiger partial charge in [0.2, 0.25) is 5.91 Å². The molecular weight excluding hydrogens is 298 g/mol. The average molecular weight is 323 g/mol. The third-order valence-electron chi connectivity index (χ3n) is 3.58. The van der Waals surface area contributed by atoms with Crippen molar-refractivity contribution in [3.05, 3.63) is 0 Å². The Hall–Kier alpha value is -0.810. The van der Waals surface area contributed by atoms with Crippen molar-refractivity contribution in [2.24, 2.45) is 0 Å². The van der Waals surface area contributed by atoms with Crippen molar-refractivity contribution in [2.75, 3.05) is 19.8 Å². The van der Waals surface area contributed by atoms with Crippen LogP contribution < -0.4 is 5.32 Å². The lowest BCUT2D eigenvalue weighted by Gasteiger charge is -2.47. The molecule has 0 aromatic heterocycles. The summed E-state index contributed by atoms with van der Waals surface area (Å²) in [4.78, 5) is 11.3. The van der Waals surface area contributed by atoms with Crippen molar-refractivity contribution in [3.63, 3.8) is 0 Å². The highest BCUT2D eigenvalue weighted by Crippen LogP contribution is 2.32. The highest BCUT2D eigenvalue weighted by atomic mass is 16.7. The Bertz CT molecular complexity index is 368. The van der Waals surface area contributed by atoms with Crippen LogP contribution in [-0.4, -0.2) is 87.5 Å². The van der Waals surface area contributed by atoms with E-state index in [2.05, 4.69) is 5.32 Å². The molecule has 0 radical (unpaired) electrons. The molecule has 9 nitrogen and oxygen atoms in total. The van der Waals surface area contributed by atoms with Crippen molar-refractivity contribution in [1.82, 2.24) is 5.32 Å². The molecule has 130 valence electrons. The van der Waals surface area contributed by atoms with Crippen molar-refractivity contribution in [2.45, 2.75) is 56.5 Å². The lowest BCUT2D eigenvalue weighted by molar-refractivity contribution is -0.328. The van der Waals surface area contributed by atoms with Gasteiger partial charge in [0, 0.05) is 20.0 Å². The van der Waals surface area contributed by atoms with Gasteiger partial charge in [0.15, 0.2) is 5.79 Å². The Balaban J connectivity index is 3.06. The van der Waals surface area contributed by atoms with E-state index >= 15 is 0 Å². The van der Waals surface area contributed by atoms with E-state index < -0.39 is 55.4 Å². The third-order valence-corrected chi connectivity index (χ3v) is 3.58. The number of aliphatic hydroxyl groups excluding tert-OH is 5. The van der Waals surface area contributed by atoms with Gasteiger partial charge in [0.1, 0.15) is 18.3 Å². The summed E-state index contributed by atoms with van der Waals surface area (Å²) >= 11 is 0. The molecular formula is C13H25NO8. The van der Waals surface area contributed by atoms with Crippen LogP contribution in [0, 0.1) is 0 Å². The number of aliphatic hydroxyl groups is 5. The third kappa shape index (κ3) is 4.35. The van der Waals surface area contributed by atoms with Gasteiger partial charge < -0.3 is 40.3 Å². The fourth-order valence-corrected chi connectivity index (χ4v) is 2.56. The maximum atomic E-state index is 11.3. The molecule has 6 atom stereocenters. The Kier molecular flexibility index (Phi) is 7.13. The van der Waals surface area contributed by atoms with Crippen LogP contribution in [0.3, 0.4) is 0 Å². The van der Waals surface area contributed by atoms with Gasteiger partial charge in [0.25, 0.3) is 0 Å². The summed E-state index contributed by atoms with van der Waals surface area (Å²) in [5, 5.41) is 50.9. The summed E-state index contributed by atoms with van der Waals surface area (Å²) in [6, 6.07) is -1.02. The molecule has 0 aliphatic carbocycles. The molecule has 1 aliphatic heterocycles. The van der Waals surface area contributed by atoms with Gasteiger partial charge in [-0.2, -0.15) is 0 Å². The molecule has 0 spiro atoms.